The average molecular weight is 485 g/mol. The van der Waals surface area contributed by atoms with Crippen molar-refractivity contribution in [3.8, 4) is 6.07 Å². The van der Waals surface area contributed by atoms with E-state index in [-0.39, 0.29) is 41.0 Å². The van der Waals surface area contributed by atoms with Gasteiger partial charge in [0.25, 0.3) is 11.4 Å². The zero-order chi connectivity index (χ0) is 26.1. The number of hydrogen-bond acceptors (Lipinski definition) is 7. The summed E-state index contributed by atoms with van der Waals surface area (Å²) in [7, 11) is 2.98. The Balaban J connectivity index is 1.71. The van der Waals surface area contributed by atoms with E-state index in [1.54, 1.807) is 31.3 Å². The Bertz CT molecular complexity index is 1460. The van der Waals surface area contributed by atoms with Crippen LogP contribution in [0.4, 0.5) is 11.5 Å². The maximum absolute atomic E-state index is 13.1. The van der Waals surface area contributed by atoms with E-state index in [2.05, 4.69) is 46.5 Å². The van der Waals surface area contributed by atoms with Crippen molar-refractivity contribution >= 4 is 28.5 Å². The van der Waals surface area contributed by atoms with Crippen molar-refractivity contribution in [2.24, 2.45) is 7.05 Å². The van der Waals surface area contributed by atoms with Crippen molar-refractivity contribution in [2.75, 3.05) is 25.1 Å². The van der Waals surface area contributed by atoms with Crippen molar-refractivity contribution in [3.63, 3.8) is 0 Å². The van der Waals surface area contributed by atoms with Gasteiger partial charge >= 0.3 is 5.97 Å². The van der Waals surface area contributed by atoms with Crippen LogP contribution in [0.1, 0.15) is 48.3 Å². The Labute approximate surface area is 210 Å². The van der Waals surface area contributed by atoms with Crippen molar-refractivity contribution in [1.29, 1.82) is 5.26 Å². The summed E-state index contributed by atoms with van der Waals surface area (Å²) in [6, 6.07) is 13.0. The highest BCUT2D eigenvalue weighted by atomic mass is 16.5. The highest BCUT2D eigenvalue weighted by Crippen LogP contribution is 2.35. The molecule has 2 aromatic heterocycles. The molecule has 0 aliphatic carbocycles. The molecule has 0 saturated carbocycles. The smallest absolute Gasteiger partial charge is 0.337 e. The van der Waals surface area contributed by atoms with Gasteiger partial charge in [0.1, 0.15) is 17.3 Å². The van der Waals surface area contributed by atoms with Gasteiger partial charge in [-0.15, -0.1) is 4.98 Å². The van der Waals surface area contributed by atoms with Crippen molar-refractivity contribution in [1.82, 2.24) is 14.5 Å². The lowest BCUT2D eigenvalue weighted by atomic mass is 9.98. The molecular weight excluding hydrogens is 456 g/mol. The third-order valence-electron chi connectivity index (χ3n) is 7.06. The summed E-state index contributed by atoms with van der Waals surface area (Å²) in [5.74, 6) is -0.149. The number of hydrogen-bond donors (Lipinski definition) is 0. The quantitative estimate of drug-likeness (QED) is 0.410. The van der Waals surface area contributed by atoms with E-state index in [0.29, 0.717) is 35.4 Å². The highest BCUT2D eigenvalue weighted by Gasteiger charge is 2.36. The van der Waals surface area contributed by atoms with Crippen LogP contribution in [-0.4, -0.2) is 52.7 Å². The summed E-state index contributed by atoms with van der Waals surface area (Å²) >= 11 is 0. The number of carbonyl (C=O) groups is 1. The van der Waals surface area contributed by atoms with Gasteiger partial charge in [-0.25, -0.2) is 4.79 Å². The summed E-state index contributed by atoms with van der Waals surface area (Å²) in [6.45, 7) is 15.0. The summed E-state index contributed by atoms with van der Waals surface area (Å²) in [4.78, 5) is 37.3. The van der Waals surface area contributed by atoms with E-state index >= 15 is 0 Å². The lowest BCUT2D eigenvalue weighted by molar-refractivity contribution is 0.0600. The molecule has 1 aromatic carbocycles. The number of anilines is 1. The van der Waals surface area contributed by atoms with Crippen LogP contribution in [0.3, 0.4) is 0 Å². The second kappa shape index (κ2) is 9.80. The van der Waals surface area contributed by atoms with Crippen molar-refractivity contribution < 1.29 is 9.53 Å². The monoisotopic (exact) mass is 484 g/mol. The number of ether oxygens (including phenoxy) is 1. The molecule has 1 aliphatic heterocycles. The minimum atomic E-state index is -0.376. The largest absolute Gasteiger partial charge is 0.465 e. The van der Waals surface area contributed by atoms with E-state index < -0.39 is 0 Å². The number of nitriles is 1. The third kappa shape index (κ3) is 4.19. The number of carbonyl (C=O) groups excluding carboxylic acids is 1. The fourth-order valence-electron chi connectivity index (χ4n) is 5.04. The predicted molar refractivity (Wildman–Crippen MR) is 137 cm³/mol. The molecule has 0 amide bonds. The standard InChI is InChI=1S/C27H28N6O3/c1-16-15-33(17(2)14-32(16)18(3)19-7-9-20(10-8-19)27(35)36-6)25-21(13-28)26(34)31(5)22-11-12-23(29-4)30-24(22)25/h7-12,16-18H,14-15H2,1-3,5-6H3/t16-,17+,18?/m1/s1. The molecular formula is C27H28N6O3. The number of rotatable bonds is 4. The molecule has 4 rings (SSSR count). The number of fused-ring (bicyclic) bond motifs is 1. The number of methoxy groups -OCH3 is 1. The van der Waals surface area contributed by atoms with E-state index in [1.165, 1.54) is 11.7 Å². The molecule has 9 heteroatoms. The summed E-state index contributed by atoms with van der Waals surface area (Å²) in [5.41, 5.74) is 2.82. The Kier molecular flexibility index (Phi) is 6.78. The molecule has 1 saturated heterocycles. The van der Waals surface area contributed by atoms with Gasteiger partial charge < -0.3 is 19.0 Å². The van der Waals surface area contributed by atoms with E-state index in [1.807, 2.05) is 12.1 Å². The van der Waals surface area contributed by atoms with Gasteiger partial charge in [0.15, 0.2) is 0 Å². The van der Waals surface area contributed by atoms with Crippen LogP contribution in [-0.2, 0) is 11.8 Å². The molecule has 184 valence electrons. The minimum Gasteiger partial charge on any atom is -0.465 e. The molecule has 0 N–H and O–H groups in total. The van der Waals surface area contributed by atoms with Crippen LogP contribution in [0.5, 0.6) is 0 Å². The summed E-state index contributed by atoms with van der Waals surface area (Å²) in [5, 5.41) is 9.94. The Morgan fingerprint density at radius 3 is 2.50 bits per heavy atom. The first-order valence-electron chi connectivity index (χ1n) is 11.7. The molecule has 1 aliphatic rings. The molecule has 3 heterocycles. The summed E-state index contributed by atoms with van der Waals surface area (Å²) in [6.07, 6.45) is 0. The zero-order valence-electron chi connectivity index (χ0n) is 21.0. The Hall–Kier alpha value is -4.21. The minimum absolute atomic E-state index is 0.0289. The first-order chi connectivity index (χ1) is 17.2. The van der Waals surface area contributed by atoms with Gasteiger partial charge in [0, 0.05) is 38.3 Å². The second-order valence-electron chi connectivity index (χ2n) is 9.19. The number of nitrogens with zero attached hydrogens (tertiary/aromatic N) is 6. The average Bonchev–Trinajstić information content (AvgIpc) is 2.90. The fourth-order valence-corrected chi connectivity index (χ4v) is 5.04. The van der Waals surface area contributed by atoms with Crippen molar-refractivity contribution in [2.45, 2.75) is 38.9 Å². The molecule has 3 atom stereocenters. The van der Waals surface area contributed by atoms with Gasteiger partial charge in [0.2, 0.25) is 5.52 Å². The maximum atomic E-state index is 13.1. The van der Waals surface area contributed by atoms with Gasteiger partial charge in [-0.3, -0.25) is 9.69 Å². The molecule has 9 nitrogen and oxygen atoms in total. The number of aromatic nitrogens is 2. The topological polar surface area (TPSA) is 95.8 Å². The Morgan fingerprint density at radius 2 is 1.89 bits per heavy atom. The molecule has 0 spiro atoms. The fraction of sp³-hybridized carbons (Fsp3) is 0.370. The highest BCUT2D eigenvalue weighted by molar-refractivity contribution is 5.93. The SMILES string of the molecule is [C-]#[N+]c1ccc2c(n1)c(N1C[C@@H](C)N(C(C)c3ccc(C(=O)OC)cc3)C[C@@H]1C)c(C#N)c(=O)n2C. The van der Waals surface area contributed by atoms with Crippen LogP contribution >= 0.6 is 0 Å². The molecule has 36 heavy (non-hydrogen) atoms. The van der Waals surface area contributed by atoms with Crippen LogP contribution < -0.4 is 10.5 Å². The van der Waals surface area contributed by atoms with Crippen LogP contribution in [0, 0.1) is 17.9 Å². The molecule has 0 bridgehead atoms. The van der Waals surface area contributed by atoms with Crippen LogP contribution in [0.25, 0.3) is 15.9 Å². The lowest BCUT2D eigenvalue weighted by Gasteiger charge is -2.47. The van der Waals surface area contributed by atoms with Gasteiger partial charge in [-0.1, -0.05) is 18.7 Å². The van der Waals surface area contributed by atoms with E-state index in [0.717, 1.165) is 5.56 Å². The molecule has 1 unspecified atom stereocenters. The summed E-state index contributed by atoms with van der Waals surface area (Å²) < 4.78 is 6.21. The van der Waals surface area contributed by atoms with Gasteiger partial charge in [0.05, 0.1) is 18.2 Å². The number of pyridine rings is 2. The first kappa shape index (κ1) is 24.9. The normalized spacial score (nSPS) is 18.9. The van der Waals surface area contributed by atoms with Crippen LogP contribution in [0.15, 0.2) is 41.2 Å². The predicted octanol–water partition coefficient (Wildman–Crippen LogP) is 3.80. The number of esters is 1. The van der Waals surface area contributed by atoms with Gasteiger partial charge in [-0.05, 0) is 50.6 Å². The lowest BCUT2D eigenvalue weighted by Crippen LogP contribution is -2.57. The van der Waals surface area contributed by atoms with E-state index in [4.69, 9.17) is 11.3 Å². The molecule has 3 aromatic rings. The zero-order valence-corrected chi connectivity index (χ0v) is 21.0. The molecule has 0 radical (unpaired) electrons. The number of aryl methyl sites for hydroxylation is 1. The van der Waals surface area contributed by atoms with E-state index in [9.17, 15) is 14.9 Å². The number of benzene rings is 1. The maximum Gasteiger partial charge on any atom is 0.337 e. The first-order valence-corrected chi connectivity index (χ1v) is 11.7. The second-order valence-corrected chi connectivity index (χ2v) is 9.19. The third-order valence-corrected chi connectivity index (χ3v) is 7.06. The Morgan fingerprint density at radius 1 is 1.19 bits per heavy atom. The van der Waals surface area contributed by atoms with Crippen molar-refractivity contribution in [3.05, 3.63) is 74.9 Å². The molecule has 1 fully saturated rings. The van der Waals surface area contributed by atoms with Crippen LogP contribution in [0.2, 0.25) is 0 Å². The van der Waals surface area contributed by atoms with Gasteiger partial charge in [-0.2, -0.15) is 5.26 Å². The number of piperazine rings is 1.